The van der Waals surface area contributed by atoms with Crippen molar-refractivity contribution in [1.29, 1.82) is 0 Å². The van der Waals surface area contributed by atoms with Crippen molar-refractivity contribution < 1.29 is 14.4 Å². The molecule has 1 aromatic heterocycles. The van der Waals surface area contributed by atoms with Gasteiger partial charge in [-0.1, -0.05) is 30.3 Å². The standard InChI is InChI=1S/C21H24N4O3/c1-15(16-5-3-2-4-6-16)25-14-18(13-19(25)26)21(28)24-12-11-23-20(27)17-7-9-22-10-8-17/h2-10,15,18H,11-14H2,1H3,(H,23,27)(H,24,28). The van der Waals surface area contributed by atoms with Gasteiger partial charge in [0.15, 0.2) is 0 Å². The maximum Gasteiger partial charge on any atom is 0.251 e. The molecule has 7 heteroatoms. The number of hydrogen-bond acceptors (Lipinski definition) is 4. The second kappa shape index (κ2) is 9.12. The summed E-state index contributed by atoms with van der Waals surface area (Å²) >= 11 is 0. The lowest BCUT2D eigenvalue weighted by Gasteiger charge is -2.25. The number of likely N-dealkylation sites (tertiary alicyclic amines) is 1. The number of aromatic nitrogens is 1. The Morgan fingerprint density at radius 3 is 2.50 bits per heavy atom. The second-order valence-electron chi connectivity index (χ2n) is 6.82. The molecular weight excluding hydrogens is 356 g/mol. The molecule has 2 aromatic rings. The molecule has 28 heavy (non-hydrogen) atoms. The topological polar surface area (TPSA) is 91.4 Å². The zero-order chi connectivity index (χ0) is 19.9. The van der Waals surface area contributed by atoms with Crippen LogP contribution in [0.1, 0.15) is 35.3 Å². The summed E-state index contributed by atoms with van der Waals surface area (Å²) in [6, 6.07) is 13.0. The largest absolute Gasteiger partial charge is 0.354 e. The lowest BCUT2D eigenvalue weighted by atomic mass is 10.1. The van der Waals surface area contributed by atoms with Crippen LogP contribution in [0.25, 0.3) is 0 Å². The third kappa shape index (κ3) is 4.73. The minimum absolute atomic E-state index is 0.0116. The maximum atomic E-state index is 12.4. The van der Waals surface area contributed by atoms with E-state index in [0.717, 1.165) is 5.56 Å². The molecule has 0 radical (unpaired) electrons. The number of nitrogens with zero attached hydrogens (tertiary/aromatic N) is 2. The average Bonchev–Trinajstić information content (AvgIpc) is 3.13. The van der Waals surface area contributed by atoms with Crippen LogP contribution >= 0.6 is 0 Å². The van der Waals surface area contributed by atoms with Gasteiger partial charge in [0, 0.05) is 44.0 Å². The fraction of sp³-hybridized carbons (Fsp3) is 0.333. The number of amides is 3. The smallest absolute Gasteiger partial charge is 0.251 e. The average molecular weight is 380 g/mol. The Morgan fingerprint density at radius 1 is 1.11 bits per heavy atom. The summed E-state index contributed by atoms with van der Waals surface area (Å²) in [6.45, 7) is 3.01. The summed E-state index contributed by atoms with van der Waals surface area (Å²) in [6.07, 6.45) is 3.32. The number of carbonyl (C=O) groups excluding carboxylic acids is 3. The summed E-state index contributed by atoms with van der Waals surface area (Å²) in [5.41, 5.74) is 1.57. The van der Waals surface area contributed by atoms with Gasteiger partial charge in [-0.3, -0.25) is 19.4 Å². The van der Waals surface area contributed by atoms with E-state index in [4.69, 9.17) is 0 Å². The Bertz CT molecular complexity index is 826. The Balaban J connectivity index is 1.44. The molecule has 0 bridgehead atoms. The molecule has 2 N–H and O–H groups in total. The van der Waals surface area contributed by atoms with Crippen molar-refractivity contribution in [3.63, 3.8) is 0 Å². The van der Waals surface area contributed by atoms with Gasteiger partial charge in [0.25, 0.3) is 5.91 Å². The van der Waals surface area contributed by atoms with E-state index in [1.807, 2.05) is 37.3 Å². The molecule has 1 fully saturated rings. The van der Waals surface area contributed by atoms with Gasteiger partial charge < -0.3 is 15.5 Å². The van der Waals surface area contributed by atoms with Gasteiger partial charge in [0.05, 0.1) is 12.0 Å². The molecule has 1 aliphatic heterocycles. The van der Waals surface area contributed by atoms with E-state index in [-0.39, 0.29) is 36.1 Å². The molecule has 2 unspecified atom stereocenters. The molecular formula is C21H24N4O3. The van der Waals surface area contributed by atoms with Gasteiger partial charge in [-0.2, -0.15) is 0 Å². The van der Waals surface area contributed by atoms with E-state index in [0.29, 0.717) is 25.2 Å². The lowest BCUT2D eigenvalue weighted by Crippen LogP contribution is -2.38. The molecule has 0 spiro atoms. The molecule has 1 aliphatic rings. The number of hydrogen-bond donors (Lipinski definition) is 2. The van der Waals surface area contributed by atoms with Gasteiger partial charge in [-0.25, -0.2) is 0 Å². The monoisotopic (exact) mass is 380 g/mol. The first-order valence-corrected chi connectivity index (χ1v) is 9.36. The molecule has 2 atom stereocenters. The highest BCUT2D eigenvalue weighted by molar-refractivity contribution is 5.94. The maximum absolute atomic E-state index is 12.4. The van der Waals surface area contributed by atoms with Gasteiger partial charge in [0.2, 0.25) is 11.8 Å². The van der Waals surface area contributed by atoms with E-state index in [2.05, 4.69) is 15.6 Å². The Morgan fingerprint density at radius 2 is 1.79 bits per heavy atom. The number of pyridine rings is 1. The van der Waals surface area contributed by atoms with Crippen LogP contribution in [0.4, 0.5) is 0 Å². The van der Waals surface area contributed by atoms with Gasteiger partial charge >= 0.3 is 0 Å². The summed E-state index contributed by atoms with van der Waals surface area (Å²) in [4.78, 5) is 42.3. The molecule has 1 aromatic carbocycles. The van der Waals surface area contributed by atoms with Crippen LogP contribution < -0.4 is 10.6 Å². The third-order valence-corrected chi connectivity index (χ3v) is 4.93. The van der Waals surface area contributed by atoms with Gasteiger partial charge in [0.1, 0.15) is 0 Å². The SMILES string of the molecule is CC(c1ccccc1)N1CC(C(=O)NCCNC(=O)c2ccncc2)CC1=O. The second-order valence-corrected chi connectivity index (χ2v) is 6.82. The highest BCUT2D eigenvalue weighted by Gasteiger charge is 2.36. The van der Waals surface area contributed by atoms with E-state index in [1.54, 1.807) is 29.4 Å². The summed E-state index contributed by atoms with van der Waals surface area (Å²) in [7, 11) is 0. The molecule has 3 rings (SSSR count). The number of benzene rings is 1. The number of rotatable bonds is 7. The Labute approximate surface area is 164 Å². The number of carbonyl (C=O) groups is 3. The van der Waals surface area contributed by atoms with Crippen LogP contribution in [0.2, 0.25) is 0 Å². The minimum atomic E-state index is -0.366. The highest BCUT2D eigenvalue weighted by Crippen LogP contribution is 2.28. The fourth-order valence-electron chi connectivity index (χ4n) is 3.30. The molecule has 1 saturated heterocycles. The molecule has 146 valence electrons. The quantitative estimate of drug-likeness (QED) is 0.713. The predicted octanol–water partition coefficient (Wildman–Crippen LogP) is 1.54. The van der Waals surface area contributed by atoms with Crippen LogP contribution in [0.3, 0.4) is 0 Å². The van der Waals surface area contributed by atoms with E-state index >= 15 is 0 Å². The molecule has 0 saturated carbocycles. The van der Waals surface area contributed by atoms with E-state index in [9.17, 15) is 14.4 Å². The zero-order valence-corrected chi connectivity index (χ0v) is 15.8. The molecule has 0 aliphatic carbocycles. The van der Waals surface area contributed by atoms with Crippen LogP contribution in [-0.2, 0) is 9.59 Å². The Kier molecular flexibility index (Phi) is 6.37. The van der Waals surface area contributed by atoms with Crippen molar-refractivity contribution in [1.82, 2.24) is 20.5 Å². The van der Waals surface area contributed by atoms with Crippen molar-refractivity contribution in [2.45, 2.75) is 19.4 Å². The third-order valence-electron chi connectivity index (χ3n) is 4.93. The predicted molar refractivity (Wildman–Crippen MR) is 104 cm³/mol. The van der Waals surface area contributed by atoms with Crippen molar-refractivity contribution in [2.75, 3.05) is 19.6 Å². The lowest BCUT2D eigenvalue weighted by molar-refractivity contribution is -0.130. The van der Waals surface area contributed by atoms with Crippen molar-refractivity contribution >= 4 is 17.7 Å². The summed E-state index contributed by atoms with van der Waals surface area (Å²) in [5.74, 6) is -0.748. The first kappa shape index (κ1) is 19.5. The fourth-order valence-corrected chi connectivity index (χ4v) is 3.30. The summed E-state index contributed by atoms with van der Waals surface area (Å²) in [5, 5.41) is 5.55. The molecule has 7 nitrogen and oxygen atoms in total. The normalized spacial score (nSPS) is 17.2. The van der Waals surface area contributed by atoms with Crippen LogP contribution in [-0.4, -0.2) is 47.2 Å². The summed E-state index contributed by atoms with van der Waals surface area (Å²) < 4.78 is 0. The van der Waals surface area contributed by atoms with Crippen molar-refractivity contribution in [3.8, 4) is 0 Å². The molecule has 3 amide bonds. The Hall–Kier alpha value is -3.22. The van der Waals surface area contributed by atoms with E-state index < -0.39 is 0 Å². The van der Waals surface area contributed by atoms with Crippen LogP contribution in [0.5, 0.6) is 0 Å². The van der Waals surface area contributed by atoms with Gasteiger partial charge in [-0.15, -0.1) is 0 Å². The van der Waals surface area contributed by atoms with E-state index in [1.165, 1.54) is 0 Å². The van der Waals surface area contributed by atoms with Crippen molar-refractivity contribution in [2.24, 2.45) is 5.92 Å². The minimum Gasteiger partial charge on any atom is -0.354 e. The first-order valence-electron chi connectivity index (χ1n) is 9.36. The van der Waals surface area contributed by atoms with Gasteiger partial charge in [-0.05, 0) is 24.6 Å². The zero-order valence-electron chi connectivity index (χ0n) is 15.8. The van der Waals surface area contributed by atoms with Crippen LogP contribution in [0, 0.1) is 5.92 Å². The number of nitrogens with one attached hydrogen (secondary N) is 2. The van der Waals surface area contributed by atoms with Crippen molar-refractivity contribution in [3.05, 3.63) is 66.0 Å². The molecule has 2 heterocycles. The van der Waals surface area contributed by atoms with Crippen LogP contribution in [0.15, 0.2) is 54.9 Å². The first-order chi connectivity index (χ1) is 13.6. The highest BCUT2D eigenvalue weighted by atomic mass is 16.2.